The Morgan fingerprint density at radius 3 is 2.64 bits per heavy atom. The molecule has 1 fully saturated rings. The van der Waals surface area contributed by atoms with Crippen LogP contribution in [0.25, 0.3) is 22.2 Å². The fourth-order valence-electron chi connectivity index (χ4n) is 4.13. The number of rotatable bonds is 8. The van der Waals surface area contributed by atoms with E-state index in [4.69, 9.17) is 20.2 Å². The fraction of sp³-hybridized carbons (Fsp3) is 0.296. The highest BCUT2D eigenvalue weighted by atomic mass is 16.5. The molecule has 3 N–H and O–H groups in total. The van der Waals surface area contributed by atoms with Crippen molar-refractivity contribution in [3.63, 3.8) is 0 Å². The Balaban J connectivity index is 1.41. The van der Waals surface area contributed by atoms with Crippen molar-refractivity contribution in [2.75, 3.05) is 69.5 Å². The summed E-state index contributed by atoms with van der Waals surface area (Å²) >= 11 is 0. The number of hydrogen-bond acceptors (Lipinski definition) is 9. The van der Waals surface area contributed by atoms with Crippen molar-refractivity contribution in [1.82, 2.24) is 19.9 Å². The fourth-order valence-corrected chi connectivity index (χ4v) is 4.13. The molecule has 0 aliphatic carbocycles. The van der Waals surface area contributed by atoms with Gasteiger partial charge >= 0.3 is 0 Å². The Bertz CT molecular complexity index is 1320. The highest BCUT2D eigenvalue weighted by Crippen LogP contribution is 2.31. The van der Waals surface area contributed by atoms with Gasteiger partial charge in [0.05, 0.1) is 18.9 Å². The second-order valence-corrected chi connectivity index (χ2v) is 8.94. The zero-order valence-corrected chi connectivity index (χ0v) is 20.6. The summed E-state index contributed by atoms with van der Waals surface area (Å²) in [6.45, 7) is 4.75. The number of morpholine rings is 1. The van der Waals surface area contributed by atoms with Crippen molar-refractivity contribution in [3.05, 3.63) is 60.8 Å². The molecule has 1 aliphatic rings. The van der Waals surface area contributed by atoms with Gasteiger partial charge in [-0.05, 0) is 56.6 Å². The Morgan fingerprint density at radius 2 is 1.86 bits per heavy atom. The number of fused-ring (bicyclic) bond motifs is 1. The quantitative estimate of drug-likeness (QED) is 0.386. The maximum absolute atomic E-state index is 6.34. The highest BCUT2D eigenvalue weighted by molar-refractivity contribution is 5.97. The number of nitrogens with zero attached hydrogens (tertiary/aromatic N) is 5. The van der Waals surface area contributed by atoms with E-state index < -0.39 is 0 Å². The van der Waals surface area contributed by atoms with Crippen LogP contribution < -0.4 is 20.7 Å². The molecule has 3 heterocycles. The Labute approximate surface area is 210 Å². The molecule has 0 amide bonds. The first kappa shape index (κ1) is 23.8. The van der Waals surface area contributed by atoms with Gasteiger partial charge in [0.15, 0.2) is 0 Å². The van der Waals surface area contributed by atoms with Gasteiger partial charge in [-0.3, -0.25) is 4.98 Å². The largest absolute Gasteiger partial charge is 0.492 e. The van der Waals surface area contributed by atoms with Gasteiger partial charge in [-0.1, -0.05) is 12.1 Å². The molecule has 186 valence electrons. The lowest BCUT2D eigenvalue weighted by atomic mass is 10.1. The number of anilines is 4. The van der Waals surface area contributed by atoms with Crippen LogP contribution in [-0.4, -0.2) is 73.4 Å². The van der Waals surface area contributed by atoms with E-state index in [1.165, 1.54) is 5.69 Å². The van der Waals surface area contributed by atoms with Crippen molar-refractivity contribution < 1.29 is 9.47 Å². The molecule has 0 radical (unpaired) electrons. The van der Waals surface area contributed by atoms with E-state index in [0.717, 1.165) is 60.9 Å². The molecule has 2 aromatic heterocycles. The molecule has 4 aromatic rings. The number of likely N-dealkylation sites (N-methyl/N-ethyl adjacent to an activating group) is 1. The summed E-state index contributed by atoms with van der Waals surface area (Å²) in [7, 11) is 4.04. The third-order valence-corrected chi connectivity index (χ3v) is 6.06. The van der Waals surface area contributed by atoms with E-state index in [2.05, 4.69) is 37.2 Å². The number of nitrogens with one attached hydrogen (secondary N) is 1. The van der Waals surface area contributed by atoms with E-state index in [1.807, 2.05) is 56.6 Å². The Morgan fingerprint density at radius 1 is 1.06 bits per heavy atom. The molecular weight excluding hydrogens is 454 g/mol. The van der Waals surface area contributed by atoms with Gasteiger partial charge in [0.2, 0.25) is 5.95 Å². The minimum Gasteiger partial charge on any atom is -0.492 e. The summed E-state index contributed by atoms with van der Waals surface area (Å²) in [4.78, 5) is 18.3. The van der Waals surface area contributed by atoms with Crippen LogP contribution in [-0.2, 0) is 4.74 Å². The van der Waals surface area contributed by atoms with Crippen molar-refractivity contribution >= 4 is 34.0 Å². The van der Waals surface area contributed by atoms with Gasteiger partial charge < -0.3 is 30.3 Å². The average Bonchev–Trinajstić information content (AvgIpc) is 2.89. The zero-order chi connectivity index (χ0) is 24.9. The predicted molar refractivity (Wildman–Crippen MR) is 144 cm³/mol. The molecular formula is C27H31N7O2. The Kier molecular flexibility index (Phi) is 7.11. The standard InChI is InChI=1S/C27H31N7O2/c1-33(2)12-17-36-22-5-3-4-19(18-22)24-25-23(10-11-29-24)26(28)32-27(31-25)30-20-6-8-21(9-7-20)34-13-15-35-16-14-34/h3-11,18H,12-17H2,1-2H3,(H3,28,30,31,32). The van der Waals surface area contributed by atoms with Gasteiger partial charge in [-0.2, -0.15) is 4.98 Å². The predicted octanol–water partition coefficient (Wildman–Crippen LogP) is 3.79. The number of aromatic nitrogens is 3. The molecule has 1 aliphatic heterocycles. The molecule has 5 rings (SSSR count). The molecule has 0 saturated carbocycles. The SMILES string of the molecule is CN(C)CCOc1cccc(-c2nccc3c(N)nc(Nc4ccc(N5CCOCC5)cc4)nc23)c1. The average molecular weight is 486 g/mol. The summed E-state index contributed by atoms with van der Waals surface area (Å²) in [6.07, 6.45) is 1.73. The molecule has 1 saturated heterocycles. The van der Waals surface area contributed by atoms with Crippen molar-refractivity contribution in [2.45, 2.75) is 0 Å². The maximum Gasteiger partial charge on any atom is 0.229 e. The van der Waals surface area contributed by atoms with E-state index >= 15 is 0 Å². The maximum atomic E-state index is 6.34. The molecule has 0 unspecified atom stereocenters. The van der Waals surface area contributed by atoms with Crippen LogP contribution in [0.3, 0.4) is 0 Å². The van der Waals surface area contributed by atoms with Gasteiger partial charge in [-0.25, -0.2) is 4.98 Å². The third-order valence-electron chi connectivity index (χ3n) is 6.06. The smallest absolute Gasteiger partial charge is 0.229 e. The molecule has 9 heteroatoms. The first-order chi connectivity index (χ1) is 17.6. The van der Waals surface area contributed by atoms with Crippen LogP contribution in [0.4, 0.5) is 23.1 Å². The van der Waals surface area contributed by atoms with Crippen LogP contribution in [0.5, 0.6) is 5.75 Å². The number of hydrogen-bond donors (Lipinski definition) is 2. The zero-order valence-electron chi connectivity index (χ0n) is 20.6. The van der Waals surface area contributed by atoms with Crippen LogP contribution in [0.15, 0.2) is 60.8 Å². The van der Waals surface area contributed by atoms with Crippen molar-refractivity contribution in [3.8, 4) is 17.0 Å². The van der Waals surface area contributed by atoms with Crippen LogP contribution in [0, 0.1) is 0 Å². The van der Waals surface area contributed by atoms with E-state index in [0.29, 0.717) is 23.9 Å². The summed E-state index contributed by atoms with van der Waals surface area (Å²) in [6, 6.07) is 17.9. The third kappa shape index (κ3) is 5.48. The van der Waals surface area contributed by atoms with Crippen molar-refractivity contribution in [2.24, 2.45) is 0 Å². The van der Waals surface area contributed by atoms with Gasteiger partial charge in [0.1, 0.15) is 23.7 Å². The summed E-state index contributed by atoms with van der Waals surface area (Å²) in [5, 5.41) is 4.05. The number of benzene rings is 2. The minimum absolute atomic E-state index is 0.398. The molecule has 0 bridgehead atoms. The summed E-state index contributed by atoms with van der Waals surface area (Å²) < 4.78 is 11.4. The van der Waals surface area contributed by atoms with Gasteiger partial charge in [0, 0.05) is 48.2 Å². The van der Waals surface area contributed by atoms with Crippen LogP contribution >= 0.6 is 0 Å². The van der Waals surface area contributed by atoms with Crippen LogP contribution in [0.1, 0.15) is 0 Å². The lowest BCUT2D eigenvalue weighted by Gasteiger charge is -2.28. The second kappa shape index (κ2) is 10.8. The number of pyridine rings is 1. The molecule has 9 nitrogen and oxygen atoms in total. The molecule has 36 heavy (non-hydrogen) atoms. The number of nitrogen functional groups attached to an aromatic ring is 1. The van der Waals surface area contributed by atoms with E-state index in [-0.39, 0.29) is 0 Å². The monoisotopic (exact) mass is 485 g/mol. The number of ether oxygens (including phenoxy) is 2. The summed E-state index contributed by atoms with van der Waals surface area (Å²) in [5.41, 5.74) is 10.7. The van der Waals surface area contributed by atoms with Crippen LogP contribution in [0.2, 0.25) is 0 Å². The molecule has 0 spiro atoms. The number of nitrogens with two attached hydrogens (primary N) is 1. The van der Waals surface area contributed by atoms with E-state index in [1.54, 1.807) is 6.20 Å². The highest BCUT2D eigenvalue weighted by Gasteiger charge is 2.14. The topological polar surface area (TPSA) is 102 Å². The Hall–Kier alpha value is -3.95. The van der Waals surface area contributed by atoms with Crippen molar-refractivity contribution in [1.29, 1.82) is 0 Å². The summed E-state index contributed by atoms with van der Waals surface area (Å²) in [5.74, 6) is 1.61. The lowest BCUT2D eigenvalue weighted by Crippen LogP contribution is -2.36. The molecule has 0 atom stereocenters. The second-order valence-electron chi connectivity index (χ2n) is 8.94. The van der Waals surface area contributed by atoms with E-state index in [9.17, 15) is 0 Å². The van der Waals surface area contributed by atoms with Gasteiger partial charge in [-0.15, -0.1) is 0 Å². The lowest BCUT2D eigenvalue weighted by molar-refractivity contribution is 0.122. The van der Waals surface area contributed by atoms with Gasteiger partial charge in [0.25, 0.3) is 0 Å². The first-order valence-electron chi connectivity index (χ1n) is 12.1. The normalized spacial score (nSPS) is 13.8. The minimum atomic E-state index is 0.398. The molecule has 2 aromatic carbocycles. The first-order valence-corrected chi connectivity index (χ1v) is 12.1.